The third-order valence-corrected chi connectivity index (χ3v) is 2.92. The van der Waals surface area contributed by atoms with E-state index in [2.05, 4.69) is 11.1 Å². The van der Waals surface area contributed by atoms with Crippen molar-refractivity contribution in [3.05, 3.63) is 65.0 Å². The summed E-state index contributed by atoms with van der Waals surface area (Å²) in [5.41, 5.74) is 2.16. The predicted octanol–water partition coefficient (Wildman–Crippen LogP) is 3.31. The fraction of sp³-hybridized carbons (Fsp3) is 0.188. The molecule has 2 aromatic rings. The molecule has 0 aliphatic rings. The molecular weight excluding hydrogens is 236 g/mol. The van der Waals surface area contributed by atoms with Crippen LogP contribution in [0.25, 0.3) is 0 Å². The summed E-state index contributed by atoms with van der Waals surface area (Å²) in [7, 11) is 0. The molecule has 2 rings (SSSR count). The van der Waals surface area contributed by atoms with Crippen LogP contribution >= 0.6 is 0 Å². The number of carbonyl (C=O) groups is 1. The minimum Gasteiger partial charge on any atom is -0.288 e. The maximum Gasteiger partial charge on any atom is 0.196 e. The maximum atomic E-state index is 12.6. The first-order chi connectivity index (χ1) is 9.15. The van der Waals surface area contributed by atoms with E-state index < -0.39 is 0 Å². The van der Waals surface area contributed by atoms with Crippen LogP contribution in [0.3, 0.4) is 0 Å². The molecule has 0 saturated heterocycles. The van der Waals surface area contributed by atoms with Gasteiger partial charge in [-0.15, -0.1) is 0 Å². The van der Waals surface area contributed by atoms with Gasteiger partial charge < -0.3 is 0 Å². The van der Waals surface area contributed by atoms with E-state index in [1.54, 1.807) is 42.6 Å². The lowest BCUT2D eigenvalue weighted by Crippen LogP contribution is -2.09. The summed E-state index contributed by atoms with van der Waals surface area (Å²) in [6.07, 6.45) is 1.68. The number of ketones is 1. The lowest BCUT2D eigenvalue weighted by molar-refractivity contribution is 0.103. The highest BCUT2D eigenvalue weighted by Crippen LogP contribution is 2.21. The first-order valence-electron chi connectivity index (χ1n) is 6.14. The van der Waals surface area contributed by atoms with Gasteiger partial charge in [-0.3, -0.25) is 9.78 Å². The first-order valence-corrected chi connectivity index (χ1v) is 6.14. The van der Waals surface area contributed by atoms with Crippen LogP contribution in [0, 0.1) is 11.3 Å². The van der Waals surface area contributed by atoms with Gasteiger partial charge in [-0.1, -0.05) is 26.0 Å². The highest BCUT2D eigenvalue weighted by molar-refractivity contribution is 6.11. The third kappa shape index (κ3) is 2.53. The Kier molecular flexibility index (Phi) is 3.72. The van der Waals surface area contributed by atoms with Crippen LogP contribution in [-0.4, -0.2) is 10.8 Å². The normalized spacial score (nSPS) is 10.2. The molecule has 0 aliphatic heterocycles. The lowest BCUT2D eigenvalue weighted by atomic mass is 9.94. The largest absolute Gasteiger partial charge is 0.288 e. The fourth-order valence-corrected chi connectivity index (χ4v) is 1.99. The summed E-state index contributed by atoms with van der Waals surface area (Å²) in [6, 6.07) is 12.4. The van der Waals surface area contributed by atoms with Gasteiger partial charge in [0.05, 0.1) is 17.3 Å². The Morgan fingerprint density at radius 1 is 1.16 bits per heavy atom. The molecule has 3 nitrogen and oxygen atoms in total. The second-order valence-electron chi connectivity index (χ2n) is 4.58. The van der Waals surface area contributed by atoms with E-state index in [0.717, 1.165) is 5.69 Å². The van der Waals surface area contributed by atoms with E-state index in [1.807, 2.05) is 13.8 Å². The van der Waals surface area contributed by atoms with Crippen LogP contribution in [-0.2, 0) is 0 Å². The second-order valence-corrected chi connectivity index (χ2v) is 4.58. The summed E-state index contributed by atoms with van der Waals surface area (Å²) < 4.78 is 0. The quantitative estimate of drug-likeness (QED) is 0.785. The summed E-state index contributed by atoms with van der Waals surface area (Å²) in [4.78, 5) is 16.8. The van der Waals surface area contributed by atoms with Crippen LogP contribution in [0.5, 0.6) is 0 Å². The Morgan fingerprint density at radius 2 is 1.84 bits per heavy atom. The number of nitrogens with zero attached hydrogens (tertiary/aromatic N) is 2. The van der Waals surface area contributed by atoms with Gasteiger partial charge in [0.25, 0.3) is 0 Å². The average molecular weight is 250 g/mol. The summed E-state index contributed by atoms with van der Waals surface area (Å²) in [6.45, 7) is 3.99. The first kappa shape index (κ1) is 13.0. The Labute approximate surface area is 112 Å². The van der Waals surface area contributed by atoms with Gasteiger partial charge in [0.2, 0.25) is 0 Å². The average Bonchev–Trinajstić information content (AvgIpc) is 2.46. The molecule has 0 bridgehead atoms. The van der Waals surface area contributed by atoms with Crippen molar-refractivity contribution in [3.8, 4) is 6.07 Å². The van der Waals surface area contributed by atoms with Crippen molar-refractivity contribution in [3.63, 3.8) is 0 Å². The minimum atomic E-state index is -0.144. The number of nitriles is 1. The molecule has 0 spiro atoms. The van der Waals surface area contributed by atoms with Crippen molar-refractivity contribution in [1.29, 1.82) is 5.26 Å². The zero-order valence-electron chi connectivity index (χ0n) is 10.9. The summed E-state index contributed by atoms with van der Waals surface area (Å²) >= 11 is 0. The topological polar surface area (TPSA) is 53.8 Å². The van der Waals surface area contributed by atoms with Gasteiger partial charge in [0, 0.05) is 17.3 Å². The standard InChI is InChI=1S/C16H14N2O/c1-11(2)15-14(8-5-9-18-15)16(19)13-7-4-3-6-12(13)10-17/h3-9,11H,1-2H3. The Morgan fingerprint density at radius 3 is 2.53 bits per heavy atom. The zero-order valence-corrected chi connectivity index (χ0v) is 10.9. The SMILES string of the molecule is CC(C)c1ncccc1C(=O)c1ccccc1C#N. The van der Waals surface area contributed by atoms with Crippen molar-refractivity contribution in [2.24, 2.45) is 0 Å². The van der Waals surface area contributed by atoms with Gasteiger partial charge in [-0.2, -0.15) is 5.26 Å². The van der Waals surface area contributed by atoms with Crippen LogP contribution < -0.4 is 0 Å². The van der Waals surface area contributed by atoms with Crippen LogP contribution in [0.15, 0.2) is 42.6 Å². The molecule has 94 valence electrons. The molecule has 1 aromatic carbocycles. The number of hydrogen-bond acceptors (Lipinski definition) is 3. The van der Waals surface area contributed by atoms with Gasteiger partial charge in [0.15, 0.2) is 5.78 Å². The monoisotopic (exact) mass is 250 g/mol. The number of rotatable bonds is 3. The molecule has 0 fully saturated rings. The van der Waals surface area contributed by atoms with Crippen LogP contribution in [0.4, 0.5) is 0 Å². The molecule has 0 unspecified atom stereocenters. The van der Waals surface area contributed by atoms with E-state index in [0.29, 0.717) is 16.7 Å². The fourth-order valence-electron chi connectivity index (χ4n) is 1.99. The number of pyridine rings is 1. The van der Waals surface area contributed by atoms with Crippen molar-refractivity contribution < 1.29 is 4.79 Å². The van der Waals surface area contributed by atoms with Gasteiger partial charge in [-0.05, 0) is 30.2 Å². The summed E-state index contributed by atoms with van der Waals surface area (Å²) in [5, 5.41) is 9.07. The zero-order chi connectivity index (χ0) is 13.8. The van der Waals surface area contributed by atoms with Crippen molar-refractivity contribution in [2.75, 3.05) is 0 Å². The van der Waals surface area contributed by atoms with Crippen molar-refractivity contribution >= 4 is 5.78 Å². The maximum absolute atomic E-state index is 12.6. The Bertz CT molecular complexity index is 654. The lowest BCUT2D eigenvalue weighted by Gasteiger charge is -2.10. The van der Waals surface area contributed by atoms with Gasteiger partial charge >= 0.3 is 0 Å². The van der Waals surface area contributed by atoms with Crippen LogP contribution in [0.2, 0.25) is 0 Å². The van der Waals surface area contributed by atoms with Gasteiger partial charge in [-0.25, -0.2) is 0 Å². The predicted molar refractivity (Wildman–Crippen MR) is 72.9 cm³/mol. The number of carbonyl (C=O) groups excluding carboxylic acids is 1. The molecule has 1 heterocycles. The minimum absolute atomic E-state index is 0.144. The molecule has 0 amide bonds. The number of benzene rings is 1. The molecular formula is C16H14N2O. The van der Waals surface area contributed by atoms with Crippen molar-refractivity contribution in [2.45, 2.75) is 19.8 Å². The number of hydrogen-bond donors (Lipinski definition) is 0. The summed E-state index contributed by atoms with van der Waals surface area (Å²) in [5.74, 6) is 0.0170. The molecule has 0 N–H and O–H groups in total. The molecule has 0 atom stereocenters. The number of aromatic nitrogens is 1. The Hall–Kier alpha value is -2.47. The molecule has 0 aliphatic carbocycles. The van der Waals surface area contributed by atoms with E-state index >= 15 is 0 Å². The third-order valence-electron chi connectivity index (χ3n) is 2.92. The van der Waals surface area contributed by atoms with E-state index in [9.17, 15) is 4.79 Å². The van der Waals surface area contributed by atoms with E-state index in [4.69, 9.17) is 5.26 Å². The molecule has 1 aromatic heterocycles. The second kappa shape index (κ2) is 5.45. The highest BCUT2D eigenvalue weighted by atomic mass is 16.1. The van der Waals surface area contributed by atoms with Crippen LogP contribution in [0.1, 0.15) is 46.9 Å². The highest BCUT2D eigenvalue weighted by Gasteiger charge is 2.18. The van der Waals surface area contributed by atoms with Crippen molar-refractivity contribution in [1.82, 2.24) is 4.98 Å². The van der Waals surface area contributed by atoms with Gasteiger partial charge in [0.1, 0.15) is 0 Å². The molecule has 3 heteroatoms. The smallest absolute Gasteiger partial charge is 0.196 e. The Balaban J connectivity index is 2.54. The molecule has 0 radical (unpaired) electrons. The molecule has 0 saturated carbocycles. The van der Waals surface area contributed by atoms with E-state index in [1.165, 1.54) is 0 Å². The van der Waals surface area contributed by atoms with E-state index in [-0.39, 0.29) is 11.7 Å². The molecule has 19 heavy (non-hydrogen) atoms.